The molecule has 1 aromatic carbocycles. The maximum absolute atomic E-state index is 11.8. The van der Waals surface area contributed by atoms with Gasteiger partial charge in [0.05, 0.1) is 10.6 Å². The second kappa shape index (κ2) is 6.59. The standard InChI is InChI=1S/C15H24N2O2S/c1-3-20(18,19)15-6-4-14(5-7-15)17(2)12-13-8-10-16-11-9-13/h4-7,13,16H,3,8-12H2,1-2H3. The van der Waals surface area contributed by atoms with Crippen LogP contribution in [0.15, 0.2) is 29.2 Å². The minimum absolute atomic E-state index is 0.150. The molecule has 0 spiro atoms. The van der Waals surface area contributed by atoms with Gasteiger partial charge >= 0.3 is 0 Å². The van der Waals surface area contributed by atoms with Crippen molar-refractivity contribution in [3.05, 3.63) is 24.3 Å². The highest BCUT2D eigenvalue weighted by atomic mass is 32.2. The number of rotatable bonds is 5. The monoisotopic (exact) mass is 296 g/mol. The fourth-order valence-electron chi connectivity index (χ4n) is 2.63. The molecule has 1 saturated heterocycles. The van der Waals surface area contributed by atoms with Gasteiger partial charge in [-0.2, -0.15) is 0 Å². The van der Waals surface area contributed by atoms with Crippen LogP contribution in [0.5, 0.6) is 0 Å². The molecule has 0 unspecified atom stereocenters. The molecule has 5 heteroatoms. The summed E-state index contributed by atoms with van der Waals surface area (Å²) in [7, 11) is -1.02. The summed E-state index contributed by atoms with van der Waals surface area (Å²) in [5, 5.41) is 3.37. The van der Waals surface area contributed by atoms with Crippen LogP contribution < -0.4 is 10.2 Å². The molecule has 1 aliphatic rings. The Bertz CT molecular complexity index is 519. The van der Waals surface area contributed by atoms with E-state index >= 15 is 0 Å². The van der Waals surface area contributed by atoms with Crippen molar-refractivity contribution in [2.75, 3.05) is 37.3 Å². The van der Waals surface area contributed by atoms with Gasteiger partial charge in [0.15, 0.2) is 9.84 Å². The molecule has 1 fully saturated rings. The van der Waals surface area contributed by atoms with E-state index in [-0.39, 0.29) is 5.75 Å². The Kier molecular flexibility index (Phi) is 5.05. The van der Waals surface area contributed by atoms with E-state index in [1.54, 1.807) is 19.1 Å². The van der Waals surface area contributed by atoms with Crippen LogP contribution in [0.4, 0.5) is 5.69 Å². The van der Waals surface area contributed by atoms with Gasteiger partial charge in [-0.1, -0.05) is 6.92 Å². The van der Waals surface area contributed by atoms with Gasteiger partial charge in [-0.25, -0.2) is 8.42 Å². The third-order valence-electron chi connectivity index (χ3n) is 4.01. The smallest absolute Gasteiger partial charge is 0.178 e. The molecule has 1 heterocycles. The minimum Gasteiger partial charge on any atom is -0.374 e. The molecule has 1 N–H and O–H groups in total. The fraction of sp³-hybridized carbons (Fsp3) is 0.600. The van der Waals surface area contributed by atoms with Crippen molar-refractivity contribution < 1.29 is 8.42 Å². The Morgan fingerprint density at radius 1 is 1.20 bits per heavy atom. The molecule has 20 heavy (non-hydrogen) atoms. The lowest BCUT2D eigenvalue weighted by Gasteiger charge is -2.28. The largest absolute Gasteiger partial charge is 0.374 e. The molecule has 1 aliphatic heterocycles. The van der Waals surface area contributed by atoms with Gasteiger partial charge in [-0.15, -0.1) is 0 Å². The summed E-state index contributed by atoms with van der Waals surface area (Å²) in [5.41, 5.74) is 1.08. The van der Waals surface area contributed by atoms with E-state index in [2.05, 4.69) is 17.3 Å². The molecule has 0 radical (unpaired) electrons. The van der Waals surface area contributed by atoms with E-state index in [1.165, 1.54) is 12.8 Å². The molecule has 0 bridgehead atoms. The molecule has 2 rings (SSSR count). The fourth-order valence-corrected chi connectivity index (χ4v) is 3.52. The van der Waals surface area contributed by atoms with Crippen LogP contribution in [-0.4, -0.2) is 40.9 Å². The molecular weight excluding hydrogens is 272 g/mol. The summed E-state index contributed by atoms with van der Waals surface area (Å²) in [6, 6.07) is 7.24. The molecule has 1 aromatic rings. The molecule has 0 atom stereocenters. The Hall–Kier alpha value is -1.07. The van der Waals surface area contributed by atoms with E-state index in [9.17, 15) is 8.42 Å². The SMILES string of the molecule is CCS(=O)(=O)c1ccc(N(C)CC2CCNCC2)cc1. The highest BCUT2D eigenvalue weighted by Gasteiger charge is 2.16. The quantitative estimate of drug-likeness (QED) is 0.902. The van der Waals surface area contributed by atoms with Crippen molar-refractivity contribution in [1.82, 2.24) is 5.32 Å². The van der Waals surface area contributed by atoms with Gasteiger partial charge in [0.2, 0.25) is 0 Å². The van der Waals surface area contributed by atoms with Gasteiger partial charge in [-0.05, 0) is 56.1 Å². The van der Waals surface area contributed by atoms with E-state index in [0.717, 1.165) is 31.2 Å². The second-order valence-electron chi connectivity index (χ2n) is 5.47. The van der Waals surface area contributed by atoms with Crippen molar-refractivity contribution in [2.45, 2.75) is 24.7 Å². The number of nitrogens with one attached hydrogen (secondary N) is 1. The minimum atomic E-state index is -3.09. The van der Waals surface area contributed by atoms with Gasteiger partial charge in [-0.3, -0.25) is 0 Å². The predicted octanol–water partition coefficient (Wildman–Crippen LogP) is 1.92. The number of anilines is 1. The second-order valence-corrected chi connectivity index (χ2v) is 7.75. The van der Waals surface area contributed by atoms with Crippen molar-refractivity contribution >= 4 is 15.5 Å². The van der Waals surface area contributed by atoms with Crippen LogP contribution in [0.25, 0.3) is 0 Å². The summed E-state index contributed by atoms with van der Waals surface area (Å²) in [6.45, 7) is 4.91. The first-order valence-corrected chi connectivity index (χ1v) is 8.93. The van der Waals surface area contributed by atoms with Crippen LogP contribution >= 0.6 is 0 Å². The molecule has 0 aliphatic carbocycles. The third kappa shape index (κ3) is 3.73. The zero-order valence-electron chi connectivity index (χ0n) is 12.3. The number of hydrogen-bond donors (Lipinski definition) is 1. The Morgan fingerprint density at radius 3 is 2.35 bits per heavy atom. The number of piperidine rings is 1. The van der Waals surface area contributed by atoms with Gasteiger partial charge < -0.3 is 10.2 Å². The first-order chi connectivity index (χ1) is 9.53. The van der Waals surface area contributed by atoms with Crippen LogP contribution in [0.3, 0.4) is 0 Å². The summed E-state index contributed by atoms with van der Waals surface area (Å²) in [5.74, 6) is 0.873. The predicted molar refractivity (Wildman–Crippen MR) is 83.0 cm³/mol. The topological polar surface area (TPSA) is 49.4 Å². The highest BCUT2D eigenvalue weighted by Crippen LogP contribution is 2.21. The summed E-state index contributed by atoms with van der Waals surface area (Å²) in [4.78, 5) is 2.64. The third-order valence-corrected chi connectivity index (χ3v) is 5.76. The van der Waals surface area contributed by atoms with Crippen molar-refractivity contribution in [2.24, 2.45) is 5.92 Å². The average Bonchev–Trinajstić information content (AvgIpc) is 2.48. The number of nitrogens with zero attached hydrogens (tertiary/aromatic N) is 1. The maximum atomic E-state index is 11.8. The summed E-state index contributed by atoms with van der Waals surface area (Å²) >= 11 is 0. The van der Waals surface area contributed by atoms with E-state index in [1.807, 2.05) is 12.1 Å². The molecule has 4 nitrogen and oxygen atoms in total. The molecule has 0 amide bonds. The Labute approximate surface area is 122 Å². The van der Waals surface area contributed by atoms with Crippen LogP contribution in [0.2, 0.25) is 0 Å². The highest BCUT2D eigenvalue weighted by molar-refractivity contribution is 7.91. The van der Waals surface area contributed by atoms with E-state index in [4.69, 9.17) is 0 Å². The van der Waals surface area contributed by atoms with Crippen LogP contribution in [0, 0.1) is 5.92 Å². The number of sulfone groups is 1. The van der Waals surface area contributed by atoms with E-state index < -0.39 is 9.84 Å². The lowest BCUT2D eigenvalue weighted by Crippen LogP contribution is -2.34. The first kappa shape index (κ1) is 15.3. The van der Waals surface area contributed by atoms with Gasteiger partial charge in [0, 0.05) is 19.3 Å². The average molecular weight is 296 g/mol. The maximum Gasteiger partial charge on any atom is 0.178 e. The van der Waals surface area contributed by atoms with Crippen LogP contribution in [0.1, 0.15) is 19.8 Å². The normalized spacial score (nSPS) is 17.1. The van der Waals surface area contributed by atoms with Crippen molar-refractivity contribution in [1.29, 1.82) is 0 Å². The van der Waals surface area contributed by atoms with Crippen LogP contribution in [-0.2, 0) is 9.84 Å². The van der Waals surface area contributed by atoms with Crippen molar-refractivity contribution in [3.63, 3.8) is 0 Å². The molecule has 0 aromatic heterocycles. The molecular formula is C15H24N2O2S. The Morgan fingerprint density at radius 2 is 1.80 bits per heavy atom. The van der Waals surface area contributed by atoms with Crippen molar-refractivity contribution in [3.8, 4) is 0 Å². The number of hydrogen-bond acceptors (Lipinski definition) is 4. The lowest BCUT2D eigenvalue weighted by atomic mass is 9.97. The Balaban J connectivity index is 2.02. The lowest BCUT2D eigenvalue weighted by molar-refractivity contribution is 0.378. The van der Waals surface area contributed by atoms with E-state index in [0.29, 0.717) is 4.90 Å². The number of benzene rings is 1. The van der Waals surface area contributed by atoms with Gasteiger partial charge in [0.1, 0.15) is 0 Å². The molecule has 0 saturated carbocycles. The molecule has 112 valence electrons. The zero-order valence-corrected chi connectivity index (χ0v) is 13.1. The summed E-state index contributed by atoms with van der Waals surface area (Å²) in [6.07, 6.45) is 2.43. The van der Waals surface area contributed by atoms with Gasteiger partial charge in [0.25, 0.3) is 0 Å². The summed E-state index contributed by atoms with van der Waals surface area (Å²) < 4.78 is 23.6. The first-order valence-electron chi connectivity index (χ1n) is 7.27. The zero-order chi connectivity index (χ0) is 14.6.